The van der Waals surface area contributed by atoms with Crippen molar-refractivity contribution in [3.8, 4) is 0 Å². The van der Waals surface area contributed by atoms with Crippen molar-refractivity contribution in [3.63, 3.8) is 0 Å². The van der Waals surface area contributed by atoms with Gasteiger partial charge in [-0.2, -0.15) is 0 Å². The minimum absolute atomic E-state index is 0.0171. The smallest absolute Gasteiger partial charge is 0.204 e. The Morgan fingerprint density at radius 2 is 1.44 bits per heavy atom. The zero-order valence-corrected chi connectivity index (χ0v) is 27.4. The molecule has 2 aliphatic rings. The Kier molecular flexibility index (Phi) is 12.4. The van der Waals surface area contributed by atoms with Gasteiger partial charge in [0, 0.05) is 49.1 Å². The summed E-state index contributed by atoms with van der Waals surface area (Å²) < 4.78 is 29.0. The summed E-state index contributed by atoms with van der Waals surface area (Å²) in [6, 6.07) is 3.06. The van der Waals surface area contributed by atoms with E-state index in [0.29, 0.717) is 77.4 Å². The van der Waals surface area contributed by atoms with Crippen molar-refractivity contribution >= 4 is 76.7 Å². The van der Waals surface area contributed by atoms with E-state index in [1.807, 2.05) is 15.2 Å². The number of thiophene rings is 2. The lowest BCUT2D eigenvalue weighted by molar-refractivity contribution is 0.101. The fourth-order valence-corrected chi connectivity index (χ4v) is 6.66. The third-order valence-electron chi connectivity index (χ3n) is 6.58. The molecular formula is C30H35BrN2O8S2. The molecule has 2 fully saturated rings. The van der Waals surface area contributed by atoms with E-state index in [1.54, 1.807) is 11.4 Å². The van der Waals surface area contributed by atoms with Gasteiger partial charge in [0.2, 0.25) is 10.9 Å². The van der Waals surface area contributed by atoms with Crippen LogP contribution in [0, 0.1) is 0 Å². The number of carbonyl (C=O) groups is 1. The highest BCUT2D eigenvalue weighted by Gasteiger charge is 2.19. The number of morpholine rings is 2. The Balaban J connectivity index is 0.000000163. The predicted octanol–water partition coefficient (Wildman–Crippen LogP) is 6.29. The number of fused-ring (bicyclic) bond motifs is 2. The molecule has 4 aromatic heterocycles. The number of nitrogens with zero attached hydrogens (tertiary/aromatic N) is 2. The third kappa shape index (κ3) is 8.57. The van der Waals surface area contributed by atoms with Crippen LogP contribution in [0.3, 0.4) is 0 Å². The minimum Gasteiger partial charge on any atom is -0.502 e. The molecule has 0 spiro atoms. The molecule has 0 saturated carbocycles. The first-order valence-electron chi connectivity index (χ1n) is 14.0. The summed E-state index contributed by atoms with van der Waals surface area (Å²) in [5.41, 5.74) is 1.45. The van der Waals surface area contributed by atoms with Crippen LogP contribution in [0.5, 0.6) is 0 Å². The van der Waals surface area contributed by atoms with Crippen molar-refractivity contribution in [2.75, 3.05) is 69.0 Å². The monoisotopic (exact) mass is 694 g/mol. The van der Waals surface area contributed by atoms with E-state index in [1.165, 1.54) is 48.3 Å². The molecule has 43 heavy (non-hydrogen) atoms. The molecule has 0 bridgehead atoms. The van der Waals surface area contributed by atoms with Gasteiger partial charge in [-0.1, -0.05) is 19.9 Å². The average molecular weight is 696 g/mol. The number of ketones is 1. The first-order chi connectivity index (χ1) is 20.8. The van der Waals surface area contributed by atoms with Crippen LogP contribution >= 0.6 is 38.6 Å². The zero-order valence-electron chi connectivity index (χ0n) is 24.2. The van der Waals surface area contributed by atoms with Gasteiger partial charge in [0.15, 0.2) is 28.7 Å². The van der Waals surface area contributed by atoms with E-state index in [-0.39, 0.29) is 16.6 Å². The molecule has 13 heteroatoms. The van der Waals surface area contributed by atoms with Gasteiger partial charge in [0.25, 0.3) is 0 Å². The molecule has 0 aliphatic carbocycles. The van der Waals surface area contributed by atoms with Crippen molar-refractivity contribution in [1.82, 2.24) is 0 Å². The summed E-state index contributed by atoms with van der Waals surface area (Å²) in [5, 5.41) is 3.56. The number of hydrogen-bond donors (Lipinski definition) is 0. The third-order valence-corrected chi connectivity index (χ3v) is 9.42. The van der Waals surface area contributed by atoms with Gasteiger partial charge < -0.3 is 32.8 Å². The number of hydrogen-bond acceptors (Lipinski definition) is 12. The molecule has 0 radical (unpaired) electrons. The summed E-state index contributed by atoms with van der Waals surface area (Å²) in [5.74, 6) is 1.06. The summed E-state index contributed by atoms with van der Waals surface area (Å²) in [7, 11) is 0. The largest absolute Gasteiger partial charge is 0.502 e. The molecule has 0 atom stereocenters. The lowest BCUT2D eigenvalue weighted by atomic mass is 10.2. The molecular weight excluding hydrogens is 660 g/mol. The maximum Gasteiger partial charge on any atom is 0.204 e. The number of rotatable bonds is 7. The van der Waals surface area contributed by atoms with Crippen LogP contribution in [0.1, 0.15) is 37.0 Å². The Morgan fingerprint density at radius 3 is 1.95 bits per heavy atom. The molecule has 2 saturated heterocycles. The number of Topliss-reactive ketones (excluding diaryl/α,β-unsaturated/α-hetero) is 1. The van der Waals surface area contributed by atoms with E-state index in [4.69, 9.17) is 23.0 Å². The molecule has 0 unspecified atom stereocenters. The molecule has 2 aliphatic heterocycles. The van der Waals surface area contributed by atoms with Gasteiger partial charge in [-0.25, -0.2) is 0 Å². The van der Waals surface area contributed by atoms with E-state index >= 15 is 0 Å². The number of halogens is 1. The van der Waals surface area contributed by atoms with Gasteiger partial charge in [-0.3, -0.25) is 14.4 Å². The zero-order chi connectivity index (χ0) is 30.8. The maximum atomic E-state index is 12.1. The Bertz CT molecular complexity index is 1630. The molecule has 6 rings (SSSR count). The topological polar surface area (TPSA) is 112 Å². The number of ether oxygens (including phenoxy) is 3. The van der Waals surface area contributed by atoms with Crippen LogP contribution in [-0.2, 0) is 14.2 Å². The Labute approximate surface area is 265 Å². The Hall–Kier alpha value is -2.97. The van der Waals surface area contributed by atoms with Gasteiger partial charge >= 0.3 is 0 Å². The van der Waals surface area contributed by atoms with E-state index < -0.39 is 0 Å². The summed E-state index contributed by atoms with van der Waals surface area (Å²) >= 11 is 6.05. The summed E-state index contributed by atoms with van der Waals surface area (Å²) in [6.45, 7) is 13.3. The molecule has 0 amide bonds. The van der Waals surface area contributed by atoms with Gasteiger partial charge in [-0.05, 0) is 29.3 Å². The molecule has 4 aromatic rings. The second kappa shape index (κ2) is 16.2. The second-order valence-corrected chi connectivity index (χ2v) is 12.2. The first kappa shape index (κ1) is 32.9. The summed E-state index contributed by atoms with van der Waals surface area (Å²) in [4.78, 5) is 39.5. The Morgan fingerprint density at radius 1 is 0.930 bits per heavy atom. The highest BCUT2D eigenvalue weighted by Crippen LogP contribution is 2.31. The standard InChI is InChI=1S/C13H13NO4S.C11H10BrNO3S.C6H12O/c1-8(15)9-7-19-13-10(16)6-11(18-12(9)13)14-2-4-17-5-3-14;12-7-6-17-11-8(14)5-9(16-10(7)11)13-1-3-15-4-2-13;1-3-5-6-7-4-2/h6-7H,2-5H2,1H3;5-6H,1-4H2;4H,2-3,5-6H2,1H3. The second-order valence-electron chi connectivity index (χ2n) is 9.59. The van der Waals surface area contributed by atoms with Crippen LogP contribution in [-0.4, -0.2) is 65.0 Å². The fourth-order valence-electron chi connectivity index (χ4n) is 4.27. The van der Waals surface area contributed by atoms with Crippen molar-refractivity contribution in [1.29, 1.82) is 0 Å². The predicted molar refractivity (Wildman–Crippen MR) is 176 cm³/mol. The van der Waals surface area contributed by atoms with Crippen LogP contribution in [0.25, 0.3) is 20.6 Å². The van der Waals surface area contributed by atoms with E-state index in [0.717, 1.165) is 30.6 Å². The quantitative estimate of drug-likeness (QED) is 0.124. The normalized spacial score (nSPS) is 15.0. The molecule has 0 aromatic carbocycles. The van der Waals surface area contributed by atoms with Crippen molar-refractivity contribution in [2.24, 2.45) is 0 Å². The van der Waals surface area contributed by atoms with Crippen LogP contribution in [0.4, 0.5) is 11.8 Å². The van der Waals surface area contributed by atoms with Gasteiger partial charge in [-0.15, -0.1) is 22.7 Å². The van der Waals surface area contributed by atoms with E-state index in [9.17, 15) is 14.4 Å². The molecule has 10 nitrogen and oxygen atoms in total. The van der Waals surface area contributed by atoms with E-state index in [2.05, 4.69) is 29.4 Å². The van der Waals surface area contributed by atoms with Crippen LogP contribution in [0.15, 0.2) is 58.6 Å². The molecule has 0 N–H and O–H groups in total. The lowest BCUT2D eigenvalue weighted by Gasteiger charge is -2.27. The molecule has 6 heterocycles. The SMILES string of the molecule is C=COCCCC.CC(=O)c1csc2c(=O)cc(N3CCOCC3)oc12.O=c1cc(N2CCOCC2)oc2c(Br)csc12. The van der Waals surface area contributed by atoms with Crippen LogP contribution < -0.4 is 20.7 Å². The van der Waals surface area contributed by atoms with Gasteiger partial charge in [0.05, 0.1) is 49.3 Å². The van der Waals surface area contributed by atoms with Crippen molar-refractivity contribution in [3.05, 3.63) is 66.2 Å². The number of unbranched alkanes of at least 4 members (excludes halogenated alkanes) is 1. The fraction of sp³-hybridized carbons (Fsp3) is 0.433. The summed E-state index contributed by atoms with van der Waals surface area (Å²) in [6.07, 6.45) is 3.80. The lowest BCUT2D eigenvalue weighted by Crippen LogP contribution is -2.36. The first-order valence-corrected chi connectivity index (χ1v) is 16.5. The van der Waals surface area contributed by atoms with Gasteiger partial charge in [0.1, 0.15) is 9.40 Å². The van der Waals surface area contributed by atoms with Crippen LogP contribution in [0.2, 0.25) is 0 Å². The number of carbonyl (C=O) groups excluding carboxylic acids is 1. The average Bonchev–Trinajstić information content (AvgIpc) is 3.63. The molecule has 232 valence electrons. The number of anilines is 2. The van der Waals surface area contributed by atoms with Crippen molar-refractivity contribution in [2.45, 2.75) is 26.7 Å². The minimum atomic E-state index is -0.0970. The van der Waals surface area contributed by atoms with Crippen molar-refractivity contribution < 1.29 is 27.8 Å². The maximum absolute atomic E-state index is 12.1. The highest BCUT2D eigenvalue weighted by molar-refractivity contribution is 9.10. The highest BCUT2D eigenvalue weighted by atomic mass is 79.9.